The lowest BCUT2D eigenvalue weighted by Crippen LogP contribution is -2.24. The van der Waals surface area contributed by atoms with Gasteiger partial charge in [-0.2, -0.15) is 0 Å². The van der Waals surface area contributed by atoms with Crippen LogP contribution in [0.25, 0.3) is 0 Å². The van der Waals surface area contributed by atoms with Gasteiger partial charge < -0.3 is 15.8 Å². The van der Waals surface area contributed by atoms with E-state index in [0.717, 1.165) is 22.8 Å². The smallest absolute Gasteiger partial charge is 0.255 e. The zero-order valence-electron chi connectivity index (χ0n) is 13.9. The molecule has 5 nitrogen and oxygen atoms in total. The largest absolute Gasteiger partial charge is 0.446 e. The highest BCUT2D eigenvalue weighted by molar-refractivity contribution is 7.12. The number of rotatable bonds is 6. The number of hydrogen-bond acceptors (Lipinski definition) is 5. The molecule has 0 aliphatic heterocycles. The highest BCUT2D eigenvalue weighted by Gasteiger charge is 2.09. The van der Waals surface area contributed by atoms with E-state index in [1.54, 1.807) is 29.7 Å². The van der Waals surface area contributed by atoms with Crippen LogP contribution in [0, 0.1) is 0 Å². The molecule has 6 heteroatoms. The van der Waals surface area contributed by atoms with Crippen LogP contribution in [0.3, 0.4) is 0 Å². The van der Waals surface area contributed by atoms with E-state index in [9.17, 15) is 4.79 Å². The Kier molecular flexibility index (Phi) is 5.30. The molecule has 2 heterocycles. The molecule has 0 atom stereocenters. The normalized spacial score (nSPS) is 10.4. The fourth-order valence-corrected chi connectivity index (χ4v) is 3.21. The highest BCUT2D eigenvalue weighted by Crippen LogP contribution is 2.31. The van der Waals surface area contributed by atoms with Crippen LogP contribution in [0.15, 0.2) is 54.0 Å². The van der Waals surface area contributed by atoms with Gasteiger partial charge in [0.1, 0.15) is 11.6 Å². The standard InChI is InChI=1S/C19H19N3O2S/c1-2-14-9-11-25-19(14)24-15-7-5-13(6-8-15)12-22-18(23)16-4-3-10-21-17(16)20/h3-11H,2,12H2,1H3,(H2,20,21)(H,22,23). The van der Waals surface area contributed by atoms with Gasteiger partial charge in [-0.25, -0.2) is 4.98 Å². The van der Waals surface area contributed by atoms with Crippen molar-refractivity contribution in [1.82, 2.24) is 10.3 Å². The molecule has 0 bridgehead atoms. The summed E-state index contributed by atoms with van der Waals surface area (Å²) in [6.07, 6.45) is 2.50. The molecule has 0 aliphatic carbocycles. The maximum atomic E-state index is 12.1. The Hall–Kier alpha value is -2.86. The highest BCUT2D eigenvalue weighted by atomic mass is 32.1. The molecule has 0 unspecified atom stereocenters. The Morgan fingerprint density at radius 3 is 2.76 bits per heavy atom. The Morgan fingerprint density at radius 2 is 2.04 bits per heavy atom. The number of ether oxygens (including phenoxy) is 1. The number of nitrogen functional groups attached to an aromatic ring is 1. The molecule has 0 saturated carbocycles. The number of carbonyl (C=O) groups is 1. The molecule has 0 spiro atoms. The minimum absolute atomic E-state index is 0.228. The molecule has 3 N–H and O–H groups in total. The average Bonchev–Trinajstić information content (AvgIpc) is 3.08. The topological polar surface area (TPSA) is 77.2 Å². The first-order valence-electron chi connectivity index (χ1n) is 7.99. The van der Waals surface area contributed by atoms with E-state index in [0.29, 0.717) is 12.1 Å². The van der Waals surface area contributed by atoms with Crippen molar-refractivity contribution in [3.8, 4) is 10.8 Å². The van der Waals surface area contributed by atoms with Crippen molar-refractivity contribution in [3.05, 3.63) is 70.7 Å². The number of aromatic nitrogens is 1. The maximum Gasteiger partial charge on any atom is 0.255 e. The first kappa shape index (κ1) is 17.0. The van der Waals surface area contributed by atoms with Crippen LogP contribution in [0.1, 0.15) is 28.4 Å². The number of benzene rings is 1. The predicted molar refractivity (Wildman–Crippen MR) is 100 cm³/mol. The molecular formula is C19H19N3O2S. The minimum Gasteiger partial charge on any atom is -0.446 e. The molecule has 1 aromatic carbocycles. The van der Waals surface area contributed by atoms with Crippen LogP contribution < -0.4 is 15.8 Å². The van der Waals surface area contributed by atoms with Gasteiger partial charge in [0.2, 0.25) is 0 Å². The van der Waals surface area contributed by atoms with Gasteiger partial charge in [-0.3, -0.25) is 4.79 Å². The molecular weight excluding hydrogens is 334 g/mol. The lowest BCUT2D eigenvalue weighted by molar-refractivity contribution is 0.0951. The second-order valence-electron chi connectivity index (χ2n) is 5.45. The van der Waals surface area contributed by atoms with E-state index in [2.05, 4.69) is 23.3 Å². The fraction of sp³-hybridized carbons (Fsp3) is 0.158. The summed E-state index contributed by atoms with van der Waals surface area (Å²) in [4.78, 5) is 16.1. The first-order chi connectivity index (χ1) is 12.2. The molecule has 128 valence electrons. The number of anilines is 1. The summed E-state index contributed by atoms with van der Waals surface area (Å²) < 4.78 is 5.91. The van der Waals surface area contributed by atoms with Crippen molar-refractivity contribution in [2.75, 3.05) is 5.73 Å². The minimum atomic E-state index is -0.239. The van der Waals surface area contributed by atoms with Gasteiger partial charge in [0.05, 0.1) is 5.56 Å². The number of pyridine rings is 1. The van der Waals surface area contributed by atoms with Crippen molar-refractivity contribution in [2.45, 2.75) is 19.9 Å². The first-order valence-corrected chi connectivity index (χ1v) is 8.87. The van der Waals surface area contributed by atoms with Gasteiger partial charge in [0, 0.05) is 18.3 Å². The van der Waals surface area contributed by atoms with E-state index in [4.69, 9.17) is 10.5 Å². The lowest BCUT2D eigenvalue weighted by Gasteiger charge is -2.09. The average molecular weight is 353 g/mol. The molecule has 0 saturated heterocycles. The number of nitrogens with one attached hydrogen (secondary N) is 1. The second-order valence-corrected chi connectivity index (χ2v) is 6.33. The number of thiophene rings is 1. The summed E-state index contributed by atoms with van der Waals surface area (Å²) in [5.41, 5.74) is 8.27. The van der Waals surface area contributed by atoms with Gasteiger partial charge in [0.15, 0.2) is 5.06 Å². The van der Waals surface area contributed by atoms with Crippen LogP contribution in [-0.4, -0.2) is 10.9 Å². The fourth-order valence-electron chi connectivity index (χ4n) is 2.34. The summed E-state index contributed by atoms with van der Waals surface area (Å²) in [6, 6.07) is 13.1. The molecule has 0 radical (unpaired) electrons. The molecule has 3 rings (SSSR count). The van der Waals surface area contributed by atoms with Gasteiger partial charge in [-0.05, 0) is 47.7 Å². The van der Waals surface area contributed by atoms with Crippen LogP contribution in [0.4, 0.5) is 5.82 Å². The molecule has 0 fully saturated rings. The molecule has 3 aromatic rings. The van der Waals surface area contributed by atoms with Gasteiger partial charge in [0.25, 0.3) is 5.91 Å². The molecule has 1 amide bonds. The summed E-state index contributed by atoms with van der Waals surface area (Å²) in [7, 11) is 0. The second kappa shape index (κ2) is 7.81. The summed E-state index contributed by atoms with van der Waals surface area (Å²) in [5.74, 6) is 0.771. The van der Waals surface area contributed by atoms with Crippen LogP contribution in [-0.2, 0) is 13.0 Å². The Bertz CT molecular complexity index is 859. The maximum absolute atomic E-state index is 12.1. The van der Waals surface area contributed by atoms with Crippen molar-refractivity contribution in [3.63, 3.8) is 0 Å². The van der Waals surface area contributed by atoms with E-state index >= 15 is 0 Å². The van der Waals surface area contributed by atoms with Crippen molar-refractivity contribution < 1.29 is 9.53 Å². The van der Waals surface area contributed by atoms with Crippen molar-refractivity contribution in [2.24, 2.45) is 0 Å². The third-order valence-corrected chi connectivity index (χ3v) is 4.59. The summed E-state index contributed by atoms with van der Waals surface area (Å²) in [5, 5.41) is 5.80. The zero-order valence-corrected chi connectivity index (χ0v) is 14.7. The predicted octanol–water partition coefficient (Wildman–Crippen LogP) is 4.01. The van der Waals surface area contributed by atoms with Crippen molar-refractivity contribution in [1.29, 1.82) is 0 Å². The third kappa shape index (κ3) is 4.16. The Balaban J connectivity index is 1.59. The van der Waals surface area contributed by atoms with Crippen LogP contribution in [0.2, 0.25) is 0 Å². The number of aryl methyl sites for hydroxylation is 1. The molecule has 0 aliphatic rings. The third-order valence-electron chi connectivity index (χ3n) is 3.76. The number of nitrogens with zero attached hydrogens (tertiary/aromatic N) is 1. The van der Waals surface area contributed by atoms with Crippen molar-refractivity contribution >= 4 is 23.1 Å². The summed E-state index contributed by atoms with van der Waals surface area (Å²) >= 11 is 1.59. The van der Waals surface area contributed by atoms with Crippen LogP contribution >= 0.6 is 11.3 Å². The Labute approximate surface area is 150 Å². The van der Waals surface area contributed by atoms with E-state index in [1.807, 2.05) is 29.6 Å². The summed E-state index contributed by atoms with van der Waals surface area (Å²) in [6.45, 7) is 2.52. The number of carbonyl (C=O) groups excluding carboxylic acids is 1. The number of hydrogen-bond donors (Lipinski definition) is 2. The molecule has 2 aromatic heterocycles. The van der Waals surface area contributed by atoms with E-state index in [-0.39, 0.29) is 11.7 Å². The lowest BCUT2D eigenvalue weighted by atomic mass is 10.2. The quantitative estimate of drug-likeness (QED) is 0.702. The van der Waals surface area contributed by atoms with Gasteiger partial charge in [-0.1, -0.05) is 19.1 Å². The monoisotopic (exact) mass is 353 g/mol. The van der Waals surface area contributed by atoms with Crippen LogP contribution in [0.5, 0.6) is 10.8 Å². The SMILES string of the molecule is CCc1ccsc1Oc1ccc(CNC(=O)c2cccnc2N)cc1. The number of nitrogens with two attached hydrogens (primary N) is 1. The zero-order chi connectivity index (χ0) is 17.6. The number of amides is 1. The van der Waals surface area contributed by atoms with E-state index in [1.165, 1.54) is 5.56 Å². The Morgan fingerprint density at radius 1 is 1.24 bits per heavy atom. The van der Waals surface area contributed by atoms with Gasteiger partial charge in [-0.15, -0.1) is 11.3 Å². The molecule has 25 heavy (non-hydrogen) atoms. The van der Waals surface area contributed by atoms with Gasteiger partial charge >= 0.3 is 0 Å². The van der Waals surface area contributed by atoms with E-state index < -0.39 is 0 Å².